The van der Waals surface area contributed by atoms with Gasteiger partial charge in [-0.15, -0.1) is 22.7 Å². The Morgan fingerprint density at radius 3 is 2.94 bits per heavy atom. The number of fused-ring (bicyclic) bond motifs is 1. The van der Waals surface area contributed by atoms with Gasteiger partial charge in [0.1, 0.15) is 0 Å². The van der Waals surface area contributed by atoms with Gasteiger partial charge in [0.05, 0.1) is 17.0 Å². The first-order valence-corrected chi connectivity index (χ1v) is 6.82. The molecule has 0 aliphatic heterocycles. The van der Waals surface area contributed by atoms with Crippen molar-refractivity contribution in [3.8, 4) is 0 Å². The van der Waals surface area contributed by atoms with Crippen LogP contribution >= 0.6 is 22.7 Å². The molecule has 0 radical (unpaired) electrons. The number of carbonyl (C=O) groups excluding carboxylic acids is 1. The number of hydrogen-bond donors (Lipinski definition) is 2. The normalized spacial score (nSPS) is 17.6. The van der Waals surface area contributed by atoms with Crippen LogP contribution in [0.2, 0.25) is 0 Å². The molecule has 1 aliphatic rings. The smallest absolute Gasteiger partial charge is 0.261 e. The molecule has 0 aromatic carbocycles. The van der Waals surface area contributed by atoms with Crippen LogP contribution in [0, 0.1) is 0 Å². The molecule has 0 bridgehead atoms. The molecule has 2 N–H and O–H groups in total. The minimum absolute atomic E-state index is 0.0402. The standard InChI is InChI=1S/C11H11NO2S2/c13-6-11(2-3-11)12-10(14)9-5-8-7(16-9)1-4-15-8/h1,4-5,13H,2-3,6H2,(H,12,14). The molecule has 3 nitrogen and oxygen atoms in total. The van der Waals surface area contributed by atoms with Crippen molar-refractivity contribution >= 4 is 38.0 Å². The molecular weight excluding hydrogens is 242 g/mol. The third kappa shape index (κ3) is 1.65. The summed E-state index contributed by atoms with van der Waals surface area (Å²) in [5, 5.41) is 14.1. The van der Waals surface area contributed by atoms with E-state index in [1.165, 1.54) is 11.3 Å². The molecule has 0 spiro atoms. The number of carbonyl (C=O) groups is 1. The topological polar surface area (TPSA) is 49.3 Å². The van der Waals surface area contributed by atoms with Crippen molar-refractivity contribution in [2.45, 2.75) is 18.4 Å². The lowest BCUT2D eigenvalue weighted by Gasteiger charge is -2.12. The number of hydrogen-bond acceptors (Lipinski definition) is 4. The van der Waals surface area contributed by atoms with Gasteiger partial charge in [0, 0.05) is 9.40 Å². The van der Waals surface area contributed by atoms with Crippen LogP contribution in [-0.2, 0) is 0 Å². The molecule has 2 aromatic rings. The lowest BCUT2D eigenvalue weighted by atomic mass is 10.3. The van der Waals surface area contributed by atoms with E-state index in [4.69, 9.17) is 5.11 Å². The number of aliphatic hydroxyl groups excluding tert-OH is 1. The van der Waals surface area contributed by atoms with Gasteiger partial charge in [0.2, 0.25) is 0 Å². The maximum absolute atomic E-state index is 11.9. The fraction of sp³-hybridized carbons (Fsp3) is 0.364. The maximum Gasteiger partial charge on any atom is 0.261 e. The Bertz CT molecular complexity index is 510. The first-order valence-electron chi connectivity index (χ1n) is 5.13. The van der Waals surface area contributed by atoms with Crippen molar-refractivity contribution in [2.75, 3.05) is 6.61 Å². The zero-order chi connectivity index (χ0) is 11.2. The van der Waals surface area contributed by atoms with Crippen LogP contribution in [-0.4, -0.2) is 23.2 Å². The zero-order valence-corrected chi connectivity index (χ0v) is 10.2. The number of rotatable bonds is 3. The molecule has 2 aromatic heterocycles. The summed E-state index contributed by atoms with van der Waals surface area (Å²) < 4.78 is 2.31. The van der Waals surface area contributed by atoms with E-state index in [-0.39, 0.29) is 18.1 Å². The molecule has 16 heavy (non-hydrogen) atoms. The minimum atomic E-state index is -0.325. The second-order valence-corrected chi connectivity index (χ2v) is 6.18. The summed E-state index contributed by atoms with van der Waals surface area (Å²) in [6, 6.07) is 3.95. The Kier molecular flexibility index (Phi) is 2.27. The summed E-state index contributed by atoms with van der Waals surface area (Å²) in [5.74, 6) is -0.0556. The highest BCUT2D eigenvalue weighted by atomic mass is 32.1. The molecule has 1 aliphatic carbocycles. The lowest BCUT2D eigenvalue weighted by molar-refractivity contribution is 0.0911. The van der Waals surface area contributed by atoms with Gasteiger partial charge in [-0.1, -0.05) is 0 Å². The van der Waals surface area contributed by atoms with E-state index in [2.05, 4.69) is 5.32 Å². The molecular formula is C11H11NO2S2. The molecule has 1 fully saturated rings. The highest BCUT2D eigenvalue weighted by molar-refractivity contribution is 7.27. The first kappa shape index (κ1) is 10.3. The van der Waals surface area contributed by atoms with Gasteiger partial charge in [0.15, 0.2) is 0 Å². The Balaban J connectivity index is 1.82. The van der Waals surface area contributed by atoms with Crippen LogP contribution in [0.4, 0.5) is 0 Å². The monoisotopic (exact) mass is 253 g/mol. The highest BCUT2D eigenvalue weighted by Gasteiger charge is 2.43. The third-order valence-electron chi connectivity index (χ3n) is 2.90. The number of thiophene rings is 2. The second-order valence-electron chi connectivity index (χ2n) is 4.15. The lowest BCUT2D eigenvalue weighted by Crippen LogP contribution is -2.39. The van der Waals surface area contributed by atoms with Crippen molar-refractivity contribution < 1.29 is 9.90 Å². The van der Waals surface area contributed by atoms with Gasteiger partial charge in [-0.25, -0.2) is 0 Å². The van der Waals surface area contributed by atoms with Gasteiger partial charge in [-0.2, -0.15) is 0 Å². The molecule has 0 saturated heterocycles. The Morgan fingerprint density at radius 1 is 1.50 bits per heavy atom. The van der Waals surface area contributed by atoms with Crippen LogP contribution in [0.3, 0.4) is 0 Å². The van der Waals surface area contributed by atoms with Gasteiger partial charge in [0.25, 0.3) is 5.91 Å². The molecule has 5 heteroatoms. The Morgan fingerprint density at radius 2 is 2.31 bits per heavy atom. The summed E-state index contributed by atoms with van der Waals surface area (Å²) in [7, 11) is 0. The average Bonchev–Trinajstić information content (AvgIpc) is 2.72. The van der Waals surface area contributed by atoms with E-state index < -0.39 is 0 Å². The van der Waals surface area contributed by atoms with Crippen molar-refractivity contribution in [1.29, 1.82) is 0 Å². The Hall–Kier alpha value is -0.910. The van der Waals surface area contributed by atoms with E-state index in [0.717, 1.165) is 27.1 Å². The van der Waals surface area contributed by atoms with Crippen LogP contribution in [0.5, 0.6) is 0 Å². The van der Waals surface area contributed by atoms with Gasteiger partial charge in [-0.3, -0.25) is 4.79 Å². The molecule has 0 atom stereocenters. The number of aliphatic hydroxyl groups is 1. The summed E-state index contributed by atoms with van der Waals surface area (Å²) in [6.07, 6.45) is 1.77. The predicted octanol–water partition coefficient (Wildman–Crippen LogP) is 2.22. The van der Waals surface area contributed by atoms with Crippen LogP contribution in [0.25, 0.3) is 9.40 Å². The molecule has 2 heterocycles. The number of nitrogens with one attached hydrogen (secondary N) is 1. The van der Waals surface area contributed by atoms with Crippen molar-refractivity contribution in [3.63, 3.8) is 0 Å². The minimum Gasteiger partial charge on any atom is -0.394 e. The fourth-order valence-electron chi connectivity index (χ4n) is 1.65. The maximum atomic E-state index is 11.9. The van der Waals surface area contributed by atoms with Crippen molar-refractivity contribution in [1.82, 2.24) is 5.32 Å². The zero-order valence-electron chi connectivity index (χ0n) is 8.53. The van der Waals surface area contributed by atoms with Crippen LogP contribution in [0.15, 0.2) is 17.5 Å². The number of amides is 1. The summed E-state index contributed by atoms with van der Waals surface area (Å²) >= 11 is 3.15. The molecule has 0 unspecified atom stereocenters. The van der Waals surface area contributed by atoms with Crippen molar-refractivity contribution in [2.24, 2.45) is 0 Å². The van der Waals surface area contributed by atoms with Crippen LogP contribution < -0.4 is 5.32 Å². The molecule has 1 amide bonds. The van der Waals surface area contributed by atoms with E-state index in [1.54, 1.807) is 11.3 Å². The SMILES string of the molecule is O=C(NC1(CO)CC1)c1cc2sccc2s1. The van der Waals surface area contributed by atoms with Gasteiger partial charge in [-0.05, 0) is 30.4 Å². The molecule has 84 valence electrons. The second kappa shape index (κ2) is 3.55. The van der Waals surface area contributed by atoms with E-state index in [9.17, 15) is 4.79 Å². The van der Waals surface area contributed by atoms with E-state index >= 15 is 0 Å². The average molecular weight is 253 g/mol. The van der Waals surface area contributed by atoms with Crippen LogP contribution in [0.1, 0.15) is 22.5 Å². The molecule has 3 rings (SSSR count). The quantitative estimate of drug-likeness (QED) is 0.881. The van der Waals surface area contributed by atoms with Gasteiger partial charge >= 0.3 is 0 Å². The third-order valence-corrected chi connectivity index (χ3v) is 4.99. The summed E-state index contributed by atoms with van der Waals surface area (Å²) in [5.41, 5.74) is -0.325. The predicted molar refractivity (Wildman–Crippen MR) is 66.2 cm³/mol. The highest BCUT2D eigenvalue weighted by Crippen LogP contribution is 2.36. The summed E-state index contributed by atoms with van der Waals surface area (Å²) in [4.78, 5) is 12.7. The largest absolute Gasteiger partial charge is 0.394 e. The van der Waals surface area contributed by atoms with E-state index in [0.29, 0.717) is 0 Å². The van der Waals surface area contributed by atoms with Gasteiger partial charge < -0.3 is 10.4 Å². The van der Waals surface area contributed by atoms with E-state index in [1.807, 2.05) is 17.5 Å². The Labute approximate surface area is 101 Å². The summed E-state index contributed by atoms with van der Waals surface area (Å²) in [6.45, 7) is 0.0402. The van der Waals surface area contributed by atoms with Crippen molar-refractivity contribution in [3.05, 3.63) is 22.4 Å². The molecule has 1 saturated carbocycles. The first-order chi connectivity index (χ1) is 7.72. The fourth-order valence-corrected chi connectivity index (χ4v) is 3.66.